The molecule has 1 atom stereocenters. The number of carbonyl (C=O) groups excluding carboxylic acids is 3. The van der Waals surface area contributed by atoms with E-state index in [1.807, 2.05) is 0 Å². The molecule has 1 saturated heterocycles. The van der Waals surface area contributed by atoms with Crippen molar-refractivity contribution in [2.45, 2.75) is 46.1 Å². The average molecular weight is 341 g/mol. The summed E-state index contributed by atoms with van der Waals surface area (Å²) in [4.78, 5) is 40.8. The number of likely N-dealkylation sites (tertiary alicyclic amines) is 1. The Morgan fingerprint density at radius 1 is 1.25 bits per heavy atom. The standard InChI is InChI=1S/C17H31N3O4/c1-13(12-19(6)16(23)24-17(2,3)4)15(22)18(5)10-11-20-9-7-8-14(20)21/h13H,7-12H2,1-6H3/t13-/m0/s1. The van der Waals surface area contributed by atoms with E-state index >= 15 is 0 Å². The van der Waals surface area contributed by atoms with Gasteiger partial charge in [0.05, 0.1) is 5.92 Å². The van der Waals surface area contributed by atoms with Crippen molar-refractivity contribution in [1.29, 1.82) is 0 Å². The Morgan fingerprint density at radius 2 is 1.88 bits per heavy atom. The van der Waals surface area contributed by atoms with E-state index in [1.54, 1.807) is 51.6 Å². The molecule has 0 aromatic rings. The Labute approximate surface area is 144 Å². The highest BCUT2D eigenvalue weighted by Crippen LogP contribution is 2.12. The summed E-state index contributed by atoms with van der Waals surface area (Å²) in [6.07, 6.45) is 1.06. The monoisotopic (exact) mass is 341 g/mol. The minimum atomic E-state index is -0.558. The molecular weight excluding hydrogens is 310 g/mol. The van der Waals surface area contributed by atoms with Gasteiger partial charge in [0, 0.05) is 46.7 Å². The van der Waals surface area contributed by atoms with Crippen molar-refractivity contribution < 1.29 is 19.1 Å². The third kappa shape index (κ3) is 6.37. The molecule has 0 N–H and O–H groups in total. The molecule has 1 aliphatic heterocycles. The summed E-state index contributed by atoms with van der Waals surface area (Å²) in [7, 11) is 3.35. The van der Waals surface area contributed by atoms with Crippen molar-refractivity contribution in [3.05, 3.63) is 0 Å². The van der Waals surface area contributed by atoms with Crippen LogP contribution in [0.3, 0.4) is 0 Å². The smallest absolute Gasteiger partial charge is 0.410 e. The second kappa shape index (κ2) is 8.35. The highest BCUT2D eigenvalue weighted by atomic mass is 16.6. The number of amides is 3. The molecule has 1 rings (SSSR count). The third-order valence-electron chi connectivity index (χ3n) is 3.93. The Morgan fingerprint density at radius 3 is 2.38 bits per heavy atom. The summed E-state index contributed by atoms with van der Waals surface area (Å²) in [6.45, 7) is 9.35. The quantitative estimate of drug-likeness (QED) is 0.735. The van der Waals surface area contributed by atoms with Crippen LogP contribution < -0.4 is 0 Å². The molecule has 7 nitrogen and oxygen atoms in total. The molecule has 1 fully saturated rings. The van der Waals surface area contributed by atoms with E-state index in [9.17, 15) is 14.4 Å². The normalized spacial score (nSPS) is 16.1. The lowest BCUT2D eigenvalue weighted by atomic mass is 10.1. The summed E-state index contributed by atoms with van der Waals surface area (Å²) in [5, 5.41) is 0. The fourth-order valence-corrected chi connectivity index (χ4v) is 2.60. The van der Waals surface area contributed by atoms with Crippen LogP contribution in [0.25, 0.3) is 0 Å². The lowest BCUT2D eigenvalue weighted by Crippen LogP contribution is -2.43. The van der Waals surface area contributed by atoms with Gasteiger partial charge in [-0.15, -0.1) is 0 Å². The van der Waals surface area contributed by atoms with Crippen molar-refractivity contribution >= 4 is 17.9 Å². The van der Waals surface area contributed by atoms with Gasteiger partial charge >= 0.3 is 6.09 Å². The fourth-order valence-electron chi connectivity index (χ4n) is 2.60. The molecule has 3 amide bonds. The van der Waals surface area contributed by atoms with E-state index in [2.05, 4.69) is 0 Å². The van der Waals surface area contributed by atoms with Crippen LogP contribution in [0.5, 0.6) is 0 Å². The summed E-state index contributed by atoms with van der Waals surface area (Å²) in [5.74, 6) is -0.215. The zero-order valence-corrected chi connectivity index (χ0v) is 15.8. The summed E-state index contributed by atoms with van der Waals surface area (Å²) >= 11 is 0. The Hall–Kier alpha value is -1.79. The fraction of sp³-hybridized carbons (Fsp3) is 0.824. The molecule has 1 heterocycles. The topological polar surface area (TPSA) is 70.2 Å². The van der Waals surface area contributed by atoms with Gasteiger partial charge in [-0.1, -0.05) is 6.92 Å². The summed E-state index contributed by atoms with van der Waals surface area (Å²) < 4.78 is 5.29. The number of likely N-dealkylation sites (N-methyl/N-ethyl adjacent to an activating group) is 1. The minimum absolute atomic E-state index is 0.0444. The summed E-state index contributed by atoms with van der Waals surface area (Å²) in [6, 6.07) is 0. The van der Waals surface area contributed by atoms with E-state index in [-0.39, 0.29) is 17.7 Å². The molecule has 0 spiro atoms. The van der Waals surface area contributed by atoms with Gasteiger partial charge in [0.15, 0.2) is 0 Å². The highest BCUT2D eigenvalue weighted by molar-refractivity contribution is 5.80. The van der Waals surface area contributed by atoms with Crippen LogP contribution in [0, 0.1) is 5.92 Å². The van der Waals surface area contributed by atoms with E-state index in [0.29, 0.717) is 26.1 Å². The van der Waals surface area contributed by atoms with Gasteiger partial charge in [0.2, 0.25) is 11.8 Å². The van der Waals surface area contributed by atoms with Gasteiger partial charge in [0.25, 0.3) is 0 Å². The van der Waals surface area contributed by atoms with Gasteiger partial charge in [0.1, 0.15) is 5.60 Å². The molecular formula is C17H31N3O4. The van der Waals surface area contributed by atoms with Gasteiger partial charge in [-0.25, -0.2) is 4.79 Å². The first-order valence-electron chi connectivity index (χ1n) is 8.48. The van der Waals surface area contributed by atoms with Crippen LogP contribution >= 0.6 is 0 Å². The van der Waals surface area contributed by atoms with Crippen molar-refractivity contribution in [3.63, 3.8) is 0 Å². The van der Waals surface area contributed by atoms with Crippen LogP contribution in [0.15, 0.2) is 0 Å². The largest absolute Gasteiger partial charge is 0.444 e. The molecule has 1 aliphatic rings. The van der Waals surface area contributed by atoms with E-state index in [0.717, 1.165) is 13.0 Å². The number of nitrogens with zero attached hydrogens (tertiary/aromatic N) is 3. The van der Waals surface area contributed by atoms with Crippen LogP contribution in [0.2, 0.25) is 0 Å². The number of carbonyl (C=O) groups is 3. The molecule has 0 aromatic carbocycles. The van der Waals surface area contributed by atoms with Gasteiger partial charge in [-0.2, -0.15) is 0 Å². The molecule has 0 aromatic heterocycles. The Balaban J connectivity index is 2.42. The zero-order chi connectivity index (χ0) is 18.5. The highest BCUT2D eigenvalue weighted by Gasteiger charge is 2.26. The van der Waals surface area contributed by atoms with Crippen molar-refractivity contribution in [3.8, 4) is 0 Å². The van der Waals surface area contributed by atoms with E-state index < -0.39 is 11.7 Å². The zero-order valence-electron chi connectivity index (χ0n) is 15.8. The van der Waals surface area contributed by atoms with Gasteiger partial charge < -0.3 is 19.4 Å². The molecule has 138 valence electrons. The lowest BCUT2D eigenvalue weighted by Gasteiger charge is -2.28. The number of hydrogen-bond acceptors (Lipinski definition) is 4. The maximum atomic E-state index is 12.4. The number of ether oxygens (including phenoxy) is 1. The second-order valence-electron chi connectivity index (χ2n) is 7.51. The maximum absolute atomic E-state index is 12.4. The van der Waals surface area contributed by atoms with Crippen molar-refractivity contribution in [1.82, 2.24) is 14.7 Å². The Bertz CT molecular complexity index is 473. The first-order chi connectivity index (χ1) is 11.0. The van der Waals surface area contributed by atoms with E-state index in [1.165, 1.54) is 4.90 Å². The third-order valence-corrected chi connectivity index (χ3v) is 3.93. The van der Waals surface area contributed by atoms with Crippen LogP contribution in [0.1, 0.15) is 40.5 Å². The molecule has 24 heavy (non-hydrogen) atoms. The summed E-state index contributed by atoms with van der Waals surface area (Å²) in [5.41, 5.74) is -0.558. The lowest BCUT2D eigenvalue weighted by molar-refractivity contribution is -0.135. The SMILES string of the molecule is C[C@@H](CN(C)C(=O)OC(C)(C)C)C(=O)N(C)CCN1CCCC1=O. The number of hydrogen-bond donors (Lipinski definition) is 0. The second-order valence-corrected chi connectivity index (χ2v) is 7.51. The first kappa shape index (κ1) is 20.3. The molecule has 0 unspecified atom stereocenters. The van der Waals surface area contributed by atoms with Crippen molar-refractivity contribution in [2.75, 3.05) is 40.3 Å². The maximum Gasteiger partial charge on any atom is 0.410 e. The first-order valence-corrected chi connectivity index (χ1v) is 8.48. The number of rotatable bonds is 6. The molecule has 0 saturated carbocycles. The van der Waals surface area contributed by atoms with Crippen LogP contribution in [0.4, 0.5) is 4.79 Å². The molecule has 0 radical (unpaired) electrons. The van der Waals surface area contributed by atoms with Gasteiger partial charge in [-0.05, 0) is 27.2 Å². The predicted molar refractivity (Wildman–Crippen MR) is 91.5 cm³/mol. The molecule has 7 heteroatoms. The van der Waals surface area contributed by atoms with E-state index in [4.69, 9.17) is 4.74 Å². The van der Waals surface area contributed by atoms with Gasteiger partial charge in [-0.3, -0.25) is 9.59 Å². The van der Waals surface area contributed by atoms with Crippen molar-refractivity contribution in [2.24, 2.45) is 5.92 Å². The van der Waals surface area contributed by atoms with Crippen LogP contribution in [-0.2, 0) is 14.3 Å². The molecule has 0 aliphatic carbocycles. The predicted octanol–water partition coefficient (Wildman–Crippen LogP) is 1.57. The molecule has 0 bridgehead atoms. The minimum Gasteiger partial charge on any atom is -0.444 e. The Kier molecular flexibility index (Phi) is 7.05. The average Bonchev–Trinajstić information content (AvgIpc) is 2.87. The van der Waals surface area contributed by atoms with Crippen LogP contribution in [-0.4, -0.2) is 78.5 Å².